The number of hydrogen-bond acceptors (Lipinski definition) is 9. The van der Waals surface area contributed by atoms with Crippen LogP contribution in [0.2, 0.25) is 0 Å². The van der Waals surface area contributed by atoms with Gasteiger partial charge in [-0.25, -0.2) is 9.98 Å². The second kappa shape index (κ2) is 26.5. The Hall–Kier alpha value is -8.07. The first-order chi connectivity index (χ1) is 38.4. The molecule has 402 valence electrons. The van der Waals surface area contributed by atoms with Gasteiger partial charge in [0.1, 0.15) is 11.0 Å². The number of halogens is 2. The van der Waals surface area contributed by atoms with Crippen molar-refractivity contribution < 1.29 is 14.2 Å². The normalized spacial score (nSPS) is 12.8. The van der Waals surface area contributed by atoms with Gasteiger partial charge < -0.3 is 38.1 Å². The number of aryl methyl sites for hydroxylation is 1. The molecule has 0 radical (unpaired) electrons. The predicted octanol–water partition coefficient (Wildman–Crippen LogP) is 14.5. The van der Waals surface area contributed by atoms with Gasteiger partial charge in [-0.15, -0.1) is 4.57 Å². The van der Waals surface area contributed by atoms with Crippen LogP contribution in [0.25, 0.3) is 38.9 Å². The van der Waals surface area contributed by atoms with Gasteiger partial charge in [0.2, 0.25) is 16.7 Å². The van der Waals surface area contributed by atoms with Crippen LogP contribution >= 0.6 is 31.9 Å². The third-order valence-electron chi connectivity index (χ3n) is 14.0. The molecular formula is C65H67Br2N10O2+. The average Bonchev–Trinajstić information content (AvgIpc) is 3.46. The summed E-state index contributed by atoms with van der Waals surface area (Å²) in [6.07, 6.45) is 12.1. The van der Waals surface area contributed by atoms with E-state index in [0.717, 1.165) is 163 Å². The van der Waals surface area contributed by atoms with Crippen LogP contribution in [-0.2, 0) is 0 Å². The molecule has 8 aromatic rings. The molecule has 9 N–H and O–H groups in total. The first-order valence-electron chi connectivity index (χ1n) is 27.0. The molecule has 1 aliphatic rings. The Morgan fingerprint density at radius 2 is 1.11 bits per heavy atom. The summed E-state index contributed by atoms with van der Waals surface area (Å²) in [7, 11) is 0. The molecule has 0 saturated heterocycles. The number of carbonyl (C=O) groups is 2. The second-order valence-corrected chi connectivity index (χ2v) is 21.6. The molecule has 14 heteroatoms. The molecule has 9 rings (SSSR count). The molecule has 0 unspecified atom stereocenters. The lowest BCUT2D eigenvalue weighted by Gasteiger charge is -2.19. The zero-order chi connectivity index (χ0) is 55.3. The minimum absolute atomic E-state index is 0.0808. The van der Waals surface area contributed by atoms with Gasteiger partial charge in [0.05, 0.1) is 22.8 Å². The molecule has 79 heavy (non-hydrogen) atoms. The number of nitrogens with one attached hydrogen (secondary N) is 5. The van der Waals surface area contributed by atoms with Crippen molar-refractivity contribution in [2.45, 2.75) is 65.2 Å². The van der Waals surface area contributed by atoms with E-state index in [9.17, 15) is 9.59 Å². The monoisotopic (exact) mass is 1180 g/mol. The number of nitrogens with zero attached hydrogens (tertiary/aromatic N) is 3. The van der Waals surface area contributed by atoms with Gasteiger partial charge >= 0.3 is 0 Å². The van der Waals surface area contributed by atoms with Crippen LogP contribution in [0, 0.1) is 6.92 Å². The largest absolute Gasteiger partial charge is 0.398 e. The number of unbranched alkanes of at least 4 members (excludes halogenated alkanes) is 6. The van der Waals surface area contributed by atoms with Gasteiger partial charge in [0.25, 0.3) is 11.8 Å². The van der Waals surface area contributed by atoms with Gasteiger partial charge in [-0.3, -0.25) is 9.59 Å². The topological polar surface area (TPSA) is 175 Å². The highest BCUT2D eigenvalue weighted by Gasteiger charge is 2.22. The number of rotatable bonds is 23. The molecule has 0 spiro atoms. The maximum atomic E-state index is 13.0. The molecule has 0 bridgehead atoms. The number of benzene rings is 7. The van der Waals surface area contributed by atoms with Gasteiger partial charge in [0, 0.05) is 93.3 Å². The van der Waals surface area contributed by atoms with Crippen LogP contribution in [0.3, 0.4) is 0 Å². The molecule has 7 aromatic carbocycles. The summed E-state index contributed by atoms with van der Waals surface area (Å²) in [6.45, 7) is 11.4. The van der Waals surface area contributed by atoms with E-state index in [1.807, 2.05) is 121 Å². The number of para-hydroxylation sites is 2. The Kier molecular flexibility index (Phi) is 18.7. The number of anilines is 5. The van der Waals surface area contributed by atoms with Crippen molar-refractivity contribution in [2.75, 3.05) is 48.3 Å². The van der Waals surface area contributed by atoms with Crippen LogP contribution in [0.1, 0.15) is 84.6 Å². The summed E-state index contributed by atoms with van der Waals surface area (Å²) < 4.78 is 3.83. The van der Waals surface area contributed by atoms with E-state index < -0.39 is 0 Å². The molecule has 1 aliphatic carbocycles. The summed E-state index contributed by atoms with van der Waals surface area (Å²) in [5, 5.41) is 16.8. The summed E-state index contributed by atoms with van der Waals surface area (Å²) in [5.41, 5.74) is 30.3. The Labute approximate surface area is 479 Å². The number of aromatic nitrogens is 2. The van der Waals surface area contributed by atoms with Crippen molar-refractivity contribution in [3.05, 3.63) is 207 Å². The van der Waals surface area contributed by atoms with Crippen LogP contribution < -0.4 is 42.6 Å². The average molecular weight is 1180 g/mol. The van der Waals surface area contributed by atoms with Crippen LogP contribution in [0.5, 0.6) is 0 Å². The Balaban J connectivity index is 0.645. The zero-order valence-electron chi connectivity index (χ0n) is 44.8. The Bertz CT molecular complexity index is 3600. The lowest BCUT2D eigenvalue weighted by molar-refractivity contribution is -0.538. The quantitative estimate of drug-likeness (QED) is 0.0143. The minimum Gasteiger partial charge on any atom is -0.398 e. The summed E-state index contributed by atoms with van der Waals surface area (Å²) in [6, 6.07) is 47.6. The number of allylic oxidation sites excluding steroid dienone is 4. The van der Waals surface area contributed by atoms with E-state index in [1.54, 1.807) is 0 Å². The maximum Gasteiger partial charge on any atom is 0.251 e. The number of nitrogen functional groups attached to an aromatic ring is 2. The smallest absolute Gasteiger partial charge is 0.251 e. The number of carbonyl (C=O) groups excluding carboxylic acids is 2. The van der Waals surface area contributed by atoms with Crippen molar-refractivity contribution >= 4 is 106 Å². The van der Waals surface area contributed by atoms with E-state index in [0.29, 0.717) is 35.6 Å². The van der Waals surface area contributed by atoms with Gasteiger partial charge in [0.15, 0.2) is 0 Å². The molecule has 0 aliphatic heterocycles. The lowest BCUT2D eigenvalue weighted by atomic mass is 9.99. The van der Waals surface area contributed by atoms with E-state index in [1.165, 1.54) is 0 Å². The van der Waals surface area contributed by atoms with Crippen molar-refractivity contribution in [3.8, 4) is 16.8 Å². The molecule has 0 atom stereocenters. The highest BCUT2D eigenvalue weighted by Crippen LogP contribution is 2.37. The van der Waals surface area contributed by atoms with Crippen molar-refractivity contribution in [2.24, 2.45) is 4.99 Å². The number of fused-ring (bicyclic) bond motifs is 2. The molecule has 0 saturated carbocycles. The molecule has 0 fully saturated rings. The fourth-order valence-corrected chi connectivity index (χ4v) is 10.3. The number of nitrogens with two attached hydrogens (primary N) is 2. The Morgan fingerprint density at radius 3 is 1.73 bits per heavy atom. The molecule has 1 heterocycles. The highest BCUT2D eigenvalue weighted by molar-refractivity contribution is 9.11. The van der Waals surface area contributed by atoms with Crippen LogP contribution in [-0.4, -0.2) is 48.7 Å². The minimum atomic E-state index is -0.0832. The van der Waals surface area contributed by atoms with Crippen molar-refractivity contribution in [1.29, 1.82) is 0 Å². The Morgan fingerprint density at radius 1 is 0.582 bits per heavy atom. The van der Waals surface area contributed by atoms with E-state index >= 15 is 0 Å². The number of aliphatic imine (C=N–C) groups is 1. The van der Waals surface area contributed by atoms with Crippen LogP contribution in [0.15, 0.2) is 195 Å². The van der Waals surface area contributed by atoms with Crippen LogP contribution in [0.4, 0.5) is 34.1 Å². The summed E-state index contributed by atoms with van der Waals surface area (Å²) in [5.74, 6) is -0.164. The first-order valence-corrected chi connectivity index (χ1v) is 28.6. The predicted molar refractivity (Wildman–Crippen MR) is 334 cm³/mol. The summed E-state index contributed by atoms with van der Waals surface area (Å²) >= 11 is 7.14. The lowest BCUT2D eigenvalue weighted by Crippen LogP contribution is -2.33. The molecule has 12 nitrogen and oxygen atoms in total. The maximum absolute atomic E-state index is 13.0. The first kappa shape index (κ1) is 55.7. The van der Waals surface area contributed by atoms with Gasteiger partial charge in [-0.2, -0.15) is 0 Å². The molecular weight excluding hydrogens is 1110 g/mol. The third-order valence-corrected chi connectivity index (χ3v) is 15.4. The van der Waals surface area contributed by atoms with E-state index in [-0.39, 0.29) is 11.8 Å². The second-order valence-electron chi connectivity index (χ2n) is 19.9. The van der Waals surface area contributed by atoms with E-state index in [2.05, 4.69) is 120 Å². The fraction of sp³-hybridized carbons (Fsp3) is 0.215. The van der Waals surface area contributed by atoms with Crippen molar-refractivity contribution in [1.82, 2.24) is 20.9 Å². The highest BCUT2D eigenvalue weighted by atomic mass is 79.9. The standard InChI is InChI=1S/C65H66Br2N10O2/c1-42-35-57(75-58-37-51(66)53(68)39-59(58)74-49-18-10-8-11-19-49)44(3)34-55(42)70-30-14-4-6-16-32-72-64(78)47-26-22-45(23-27-47)46-24-28-48(29-25-46)65(79)73-33-17-7-5-15-31-71-56-41-63-60(36-43(56)2)76-61-38-52(67)54(69)40-62(61)77(63)50-20-12-9-13-21-50/h8-13,18-29,34-41,70,74H,3-7,14-17,30-33,68H2,1-2H3,(H4,69,71,72,73,78,79)/p+1. The van der Waals surface area contributed by atoms with E-state index in [4.69, 9.17) is 21.4 Å². The SMILES string of the molecule is C=C1C=C(NCCCCCCNC(=O)c2ccc(-c3ccc(C(=O)NCCCCCCNc4cc5c(cc4C)nc4cc(Br)c(N)cc4[n+]5-c4ccccc4)cc3)cc2)C(C)=CC1=Nc1cc(Br)c(N)cc1Nc1ccccc1. The van der Waals surface area contributed by atoms with Gasteiger partial charge in [-0.05, 0) is 172 Å². The zero-order valence-corrected chi connectivity index (χ0v) is 47.9. The van der Waals surface area contributed by atoms with Crippen molar-refractivity contribution in [3.63, 3.8) is 0 Å². The molecule has 2 amide bonds. The molecule has 1 aromatic heterocycles. The summed E-state index contributed by atoms with van der Waals surface area (Å²) in [4.78, 5) is 36.0. The number of amides is 2. The van der Waals surface area contributed by atoms with Gasteiger partial charge in [-0.1, -0.05) is 92.9 Å². The number of hydrogen-bond donors (Lipinski definition) is 7. The fourth-order valence-electron chi connectivity index (χ4n) is 9.59. The third kappa shape index (κ3) is 14.4.